The van der Waals surface area contributed by atoms with Gasteiger partial charge in [0.1, 0.15) is 17.1 Å². The second-order valence-electron chi connectivity index (χ2n) is 6.06. The van der Waals surface area contributed by atoms with E-state index in [0.29, 0.717) is 5.56 Å². The van der Waals surface area contributed by atoms with Crippen LogP contribution in [0.15, 0.2) is 42.5 Å². The van der Waals surface area contributed by atoms with E-state index in [2.05, 4.69) is 5.32 Å². The van der Waals surface area contributed by atoms with Gasteiger partial charge < -0.3 is 15.2 Å². The molecule has 1 amide bonds. The summed E-state index contributed by atoms with van der Waals surface area (Å²) in [4.78, 5) is 23.5. The summed E-state index contributed by atoms with van der Waals surface area (Å²) in [5.41, 5.74) is 1.70. The van der Waals surface area contributed by atoms with Crippen molar-refractivity contribution in [2.75, 3.05) is 7.11 Å². The van der Waals surface area contributed by atoms with Gasteiger partial charge in [0.15, 0.2) is 0 Å². The summed E-state index contributed by atoms with van der Waals surface area (Å²) in [7, 11) is 1.41. The van der Waals surface area contributed by atoms with Crippen LogP contribution in [-0.2, 0) is 11.3 Å². The number of nitrogens with one attached hydrogen (secondary N) is 1. The Labute approximate surface area is 144 Å². The van der Waals surface area contributed by atoms with Crippen LogP contribution < -0.4 is 10.1 Å². The number of carbonyl (C=O) groups excluding carboxylic acids is 1. The number of aromatic carboxylic acids is 1. The lowest BCUT2D eigenvalue weighted by atomic mass is 10.1. The van der Waals surface area contributed by atoms with Gasteiger partial charge in [-0.05, 0) is 47.7 Å². The van der Waals surface area contributed by atoms with Gasteiger partial charge >= 0.3 is 5.97 Å². The molecule has 1 aliphatic carbocycles. The second-order valence-corrected chi connectivity index (χ2v) is 6.06. The number of amides is 1. The summed E-state index contributed by atoms with van der Waals surface area (Å²) < 4.78 is 18.0. The van der Waals surface area contributed by atoms with Crippen LogP contribution in [0.1, 0.15) is 33.8 Å². The topological polar surface area (TPSA) is 75.6 Å². The lowest BCUT2D eigenvalue weighted by molar-refractivity contribution is -0.122. The highest BCUT2D eigenvalue weighted by atomic mass is 19.1. The van der Waals surface area contributed by atoms with Crippen molar-refractivity contribution in [2.45, 2.75) is 18.9 Å². The van der Waals surface area contributed by atoms with E-state index in [9.17, 15) is 19.1 Å². The predicted molar refractivity (Wildman–Crippen MR) is 89.0 cm³/mol. The van der Waals surface area contributed by atoms with Gasteiger partial charge in [-0.3, -0.25) is 4.79 Å². The van der Waals surface area contributed by atoms with Gasteiger partial charge in [-0.1, -0.05) is 18.2 Å². The summed E-state index contributed by atoms with van der Waals surface area (Å²) in [5, 5.41) is 12.0. The Kier molecular flexibility index (Phi) is 4.70. The molecule has 2 atom stereocenters. The molecule has 3 rings (SSSR count). The van der Waals surface area contributed by atoms with Gasteiger partial charge in [-0.2, -0.15) is 0 Å². The maximum absolute atomic E-state index is 12.9. The number of ether oxygens (including phenoxy) is 1. The first-order valence-electron chi connectivity index (χ1n) is 7.93. The number of halogens is 1. The lowest BCUT2D eigenvalue weighted by Crippen LogP contribution is -2.25. The molecule has 2 aromatic rings. The molecule has 0 bridgehead atoms. The molecule has 1 fully saturated rings. The SMILES string of the molecule is COc1ccc(CNC(=O)[C@H]2C[C@H]2c2ccc(F)cc2)cc1C(=O)O. The van der Waals surface area contributed by atoms with Crippen molar-refractivity contribution in [3.63, 3.8) is 0 Å². The quantitative estimate of drug-likeness (QED) is 0.845. The van der Waals surface area contributed by atoms with Crippen molar-refractivity contribution in [1.82, 2.24) is 5.32 Å². The first-order chi connectivity index (χ1) is 12.0. The molecule has 130 valence electrons. The summed E-state index contributed by atoms with van der Waals surface area (Å²) in [6.07, 6.45) is 0.737. The van der Waals surface area contributed by atoms with E-state index < -0.39 is 5.97 Å². The average Bonchev–Trinajstić information content (AvgIpc) is 3.40. The Bertz CT molecular complexity index is 804. The van der Waals surface area contributed by atoms with Crippen LogP contribution in [0.5, 0.6) is 5.75 Å². The zero-order valence-corrected chi connectivity index (χ0v) is 13.7. The minimum atomic E-state index is -1.08. The molecule has 6 heteroatoms. The minimum Gasteiger partial charge on any atom is -0.496 e. The highest BCUT2D eigenvalue weighted by molar-refractivity contribution is 5.91. The molecule has 5 nitrogen and oxygen atoms in total. The van der Waals surface area contributed by atoms with Crippen molar-refractivity contribution >= 4 is 11.9 Å². The Morgan fingerprint density at radius 1 is 1.24 bits per heavy atom. The highest BCUT2D eigenvalue weighted by Crippen LogP contribution is 2.47. The van der Waals surface area contributed by atoms with E-state index in [1.807, 2.05) is 0 Å². The number of hydrogen-bond acceptors (Lipinski definition) is 3. The molecule has 0 unspecified atom stereocenters. The van der Waals surface area contributed by atoms with Gasteiger partial charge in [0.05, 0.1) is 7.11 Å². The Morgan fingerprint density at radius 3 is 2.60 bits per heavy atom. The Morgan fingerprint density at radius 2 is 1.96 bits per heavy atom. The first-order valence-corrected chi connectivity index (χ1v) is 7.93. The fraction of sp³-hybridized carbons (Fsp3) is 0.263. The van der Waals surface area contributed by atoms with Gasteiger partial charge in [0, 0.05) is 12.5 Å². The summed E-state index contributed by atoms with van der Waals surface area (Å²) in [6, 6.07) is 11.0. The molecular weight excluding hydrogens is 325 g/mol. The molecule has 0 spiro atoms. The molecule has 25 heavy (non-hydrogen) atoms. The number of methoxy groups -OCH3 is 1. The van der Waals surface area contributed by atoms with Crippen LogP contribution in [0.25, 0.3) is 0 Å². The Hall–Kier alpha value is -2.89. The van der Waals surface area contributed by atoms with Crippen LogP contribution in [0.2, 0.25) is 0 Å². The molecule has 0 saturated heterocycles. The van der Waals surface area contributed by atoms with Crippen LogP contribution in [0.4, 0.5) is 4.39 Å². The van der Waals surface area contributed by atoms with E-state index in [-0.39, 0.29) is 41.4 Å². The molecular formula is C19H18FNO4. The number of hydrogen-bond donors (Lipinski definition) is 2. The standard InChI is InChI=1S/C19H18FNO4/c1-25-17-7-2-11(8-16(17)19(23)24)10-21-18(22)15-9-14(15)12-3-5-13(20)6-4-12/h2-8,14-15H,9-10H2,1H3,(H,21,22)(H,23,24)/t14-,15-/m0/s1. The largest absolute Gasteiger partial charge is 0.496 e. The van der Waals surface area contributed by atoms with Crippen LogP contribution in [0, 0.1) is 11.7 Å². The van der Waals surface area contributed by atoms with Crippen LogP contribution >= 0.6 is 0 Å². The zero-order chi connectivity index (χ0) is 18.0. The lowest BCUT2D eigenvalue weighted by Gasteiger charge is -2.09. The Balaban J connectivity index is 1.59. The number of carboxylic acids is 1. The fourth-order valence-electron chi connectivity index (χ4n) is 2.92. The zero-order valence-electron chi connectivity index (χ0n) is 13.7. The van der Waals surface area contributed by atoms with Crippen LogP contribution in [0.3, 0.4) is 0 Å². The van der Waals surface area contributed by atoms with Crippen LogP contribution in [-0.4, -0.2) is 24.1 Å². The monoisotopic (exact) mass is 343 g/mol. The van der Waals surface area contributed by atoms with Crippen molar-refractivity contribution in [1.29, 1.82) is 0 Å². The van der Waals surface area contributed by atoms with E-state index in [0.717, 1.165) is 12.0 Å². The van der Waals surface area contributed by atoms with Crippen molar-refractivity contribution in [3.8, 4) is 5.75 Å². The van der Waals surface area contributed by atoms with Gasteiger partial charge in [0.2, 0.25) is 5.91 Å². The van der Waals surface area contributed by atoms with E-state index in [1.165, 1.54) is 25.3 Å². The number of carboxylic acid groups (broad SMARTS) is 1. The third-order valence-corrected chi connectivity index (χ3v) is 4.39. The van der Waals surface area contributed by atoms with Gasteiger partial charge in [0.25, 0.3) is 0 Å². The van der Waals surface area contributed by atoms with Gasteiger partial charge in [-0.15, -0.1) is 0 Å². The average molecular weight is 343 g/mol. The highest BCUT2D eigenvalue weighted by Gasteiger charge is 2.43. The maximum atomic E-state index is 12.9. The molecule has 1 saturated carbocycles. The second kappa shape index (κ2) is 6.93. The number of benzene rings is 2. The fourth-order valence-corrected chi connectivity index (χ4v) is 2.92. The summed E-state index contributed by atoms with van der Waals surface area (Å²) in [6.45, 7) is 0.246. The van der Waals surface area contributed by atoms with Crippen molar-refractivity contribution in [3.05, 3.63) is 65.0 Å². The third kappa shape index (κ3) is 3.79. The van der Waals surface area contributed by atoms with Gasteiger partial charge in [-0.25, -0.2) is 9.18 Å². The minimum absolute atomic E-state index is 0.0601. The normalized spacial score (nSPS) is 18.5. The number of rotatable bonds is 6. The summed E-state index contributed by atoms with van der Waals surface area (Å²) >= 11 is 0. The smallest absolute Gasteiger partial charge is 0.339 e. The molecule has 0 radical (unpaired) electrons. The third-order valence-electron chi connectivity index (χ3n) is 4.39. The summed E-state index contributed by atoms with van der Waals surface area (Å²) in [5.74, 6) is -1.18. The van der Waals surface area contributed by atoms with E-state index >= 15 is 0 Å². The molecule has 2 N–H and O–H groups in total. The number of carbonyl (C=O) groups is 2. The van der Waals surface area contributed by atoms with Crippen molar-refractivity contribution < 1.29 is 23.8 Å². The molecule has 1 aliphatic rings. The molecule has 2 aromatic carbocycles. The first kappa shape index (κ1) is 17.0. The molecule has 0 heterocycles. The van der Waals surface area contributed by atoms with Crippen molar-refractivity contribution in [2.24, 2.45) is 5.92 Å². The van der Waals surface area contributed by atoms with E-state index in [1.54, 1.807) is 24.3 Å². The predicted octanol–water partition coefficient (Wildman–Crippen LogP) is 2.95. The maximum Gasteiger partial charge on any atom is 0.339 e. The molecule has 0 aliphatic heterocycles. The molecule has 0 aromatic heterocycles. The van der Waals surface area contributed by atoms with E-state index in [4.69, 9.17) is 4.74 Å².